The van der Waals surface area contributed by atoms with Gasteiger partial charge in [-0.3, -0.25) is 9.80 Å². The van der Waals surface area contributed by atoms with Gasteiger partial charge in [0.05, 0.1) is 26.4 Å². The Labute approximate surface area is 122 Å². The van der Waals surface area contributed by atoms with Crippen molar-refractivity contribution in [2.75, 3.05) is 91.9 Å². The molecule has 0 aliphatic carbocycles. The van der Waals surface area contributed by atoms with Gasteiger partial charge in [0.1, 0.15) is 0 Å². The van der Waals surface area contributed by atoms with Crippen molar-refractivity contribution in [1.29, 1.82) is 0 Å². The summed E-state index contributed by atoms with van der Waals surface area (Å²) in [5.74, 6) is 0. The second kappa shape index (κ2) is 10.5. The van der Waals surface area contributed by atoms with Crippen LogP contribution >= 0.6 is 0 Å². The highest BCUT2D eigenvalue weighted by atomic mass is 16.5. The first kappa shape index (κ1) is 16.1. The number of nitrogens with zero attached hydrogens (tertiary/aromatic N) is 2. The van der Waals surface area contributed by atoms with E-state index in [2.05, 4.69) is 20.4 Å². The number of ether oxygens (including phenoxy) is 2. The van der Waals surface area contributed by atoms with Crippen LogP contribution in [-0.2, 0) is 9.47 Å². The van der Waals surface area contributed by atoms with Crippen LogP contribution < -0.4 is 10.6 Å². The SMILES string of the molecule is C1CN(CCOCCOCCN2CCNCC2)CCN1. The predicted octanol–water partition coefficient (Wildman–Crippen LogP) is -1.17. The largest absolute Gasteiger partial charge is 0.378 e. The van der Waals surface area contributed by atoms with Crippen molar-refractivity contribution in [2.24, 2.45) is 0 Å². The summed E-state index contributed by atoms with van der Waals surface area (Å²) >= 11 is 0. The summed E-state index contributed by atoms with van der Waals surface area (Å²) in [5, 5.41) is 6.71. The molecule has 2 fully saturated rings. The molecule has 0 spiro atoms. The molecule has 0 aromatic heterocycles. The number of piperazine rings is 2. The molecule has 2 aliphatic rings. The molecule has 0 bridgehead atoms. The fourth-order valence-electron chi connectivity index (χ4n) is 2.58. The lowest BCUT2D eigenvalue weighted by Gasteiger charge is -2.27. The molecular weight excluding hydrogens is 256 g/mol. The summed E-state index contributed by atoms with van der Waals surface area (Å²) in [6.45, 7) is 14.2. The predicted molar refractivity (Wildman–Crippen MR) is 80.3 cm³/mol. The number of rotatable bonds is 9. The maximum Gasteiger partial charge on any atom is 0.0701 e. The fraction of sp³-hybridized carbons (Fsp3) is 1.00. The van der Waals surface area contributed by atoms with Crippen molar-refractivity contribution < 1.29 is 9.47 Å². The Balaban J connectivity index is 1.33. The lowest BCUT2D eigenvalue weighted by molar-refractivity contribution is 0.0293. The molecule has 2 N–H and O–H groups in total. The van der Waals surface area contributed by atoms with Gasteiger partial charge >= 0.3 is 0 Å². The Bertz CT molecular complexity index is 207. The molecule has 6 nitrogen and oxygen atoms in total. The fourth-order valence-corrected chi connectivity index (χ4v) is 2.58. The second-order valence-corrected chi connectivity index (χ2v) is 5.41. The first-order chi connectivity index (χ1) is 9.95. The normalized spacial score (nSPS) is 22.2. The Hall–Kier alpha value is -0.240. The third-order valence-electron chi connectivity index (χ3n) is 3.89. The maximum absolute atomic E-state index is 5.62. The molecule has 20 heavy (non-hydrogen) atoms. The van der Waals surface area contributed by atoms with E-state index in [1.54, 1.807) is 0 Å². The topological polar surface area (TPSA) is 49.0 Å². The number of hydrogen-bond donors (Lipinski definition) is 2. The minimum Gasteiger partial charge on any atom is -0.378 e. The lowest BCUT2D eigenvalue weighted by Crippen LogP contribution is -2.44. The Morgan fingerprint density at radius 2 is 1.00 bits per heavy atom. The van der Waals surface area contributed by atoms with E-state index in [4.69, 9.17) is 9.47 Å². The number of nitrogens with one attached hydrogen (secondary N) is 2. The smallest absolute Gasteiger partial charge is 0.0701 e. The maximum atomic E-state index is 5.62. The molecule has 0 saturated carbocycles. The molecule has 0 atom stereocenters. The van der Waals surface area contributed by atoms with E-state index in [0.717, 1.165) is 78.7 Å². The van der Waals surface area contributed by atoms with Gasteiger partial charge in [0.25, 0.3) is 0 Å². The Morgan fingerprint density at radius 3 is 1.40 bits per heavy atom. The van der Waals surface area contributed by atoms with Gasteiger partial charge in [0, 0.05) is 65.4 Å². The first-order valence-corrected chi connectivity index (χ1v) is 7.97. The molecular formula is C14H30N4O2. The van der Waals surface area contributed by atoms with Crippen LogP contribution in [0.25, 0.3) is 0 Å². The summed E-state index contributed by atoms with van der Waals surface area (Å²) < 4.78 is 11.2. The average Bonchev–Trinajstić information content (AvgIpc) is 2.52. The molecule has 0 aromatic rings. The minimum absolute atomic E-state index is 0.716. The van der Waals surface area contributed by atoms with Gasteiger partial charge in [0.2, 0.25) is 0 Å². The summed E-state index contributed by atoms with van der Waals surface area (Å²) in [6.07, 6.45) is 0. The molecule has 118 valence electrons. The quantitative estimate of drug-likeness (QED) is 0.521. The summed E-state index contributed by atoms with van der Waals surface area (Å²) in [5.41, 5.74) is 0. The number of hydrogen-bond acceptors (Lipinski definition) is 6. The van der Waals surface area contributed by atoms with E-state index in [-0.39, 0.29) is 0 Å². The van der Waals surface area contributed by atoms with Gasteiger partial charge in [0.15, 0.2) is 0 Å². The summed E-state index contributed by atoms with van der Waals surface area (Å²) in [6, 6.07) is 0. The van der Waals surface area contributed by atoms with Crippen LogP contribution in [0.4, 0.5) is 0 Å². The van der Waals surface area contributed by atoms with Gasteiger partial charge in [-0.2, -0.15) is 0 Å². The van der Waals surface area contributed by atoms with Crippen LogP contribution in [0, 0.1) is 0 Å². The molecule has 6 heteroatoms. The van der Waals surface area contributed by atoms with Crippen LogP contribution in [-0.4, -0.2) is 102 Å². The Kier molecular flexibility index (Phi) is 8.46. The summed E-state index contributed by atoms with van der Waals surface area (Å²) in [7, 11) is 0. The molecule has 2 heterocycles. The highest BCUT2D eigenvalue weighted by Crippen LogP contribution is 1.93. The van der Waals surface area contributed by atoms with Crippen molar-refractivity contribution in [3.8, 4) is 0 Å². The zero-order chi connectivity index (χ0) is 13.9. The van der Waals surface area contributed by atoms with E-state index in [0.29, 0.717) is 13.2 Å². The van der Waals surface area contributed by atoms with E-state index >= 15 is 0 Å². The van der Waals surface area contributed by atoms with E-state index in [1.807, 2.05) is 0 Å². The molecule has 2 saturated heterocycles. The average molecular weight is 286 g/mol. The molecule has 0 radical (unpaired) electrons. The van der Waals surface area contributed by atoms with Gasteiger partial charge in [-0.25, -0.2) is 0 Å². The van der Waals surface area contributed by atoms with E-state index < -0.39 is 0 Å². The van der Waals surface area contributed by atoms with Crippen LogP contribution in [0.15, 0.2) is 0 Å². The van der Waals surface area contributed by atoms with Crippen molar-refractivity contribution >= 4 is 0 Å². The third kappa shape index (κ3) is 6.97. The molecule has 2 rings (SSSR count). The van der Waals surface area contributed by atoms with Gasteiger partial charge < -0.3 is 20.1 Å². The van der Waals surface area contributed by atoms with Crippen LogP contribution in [0.3, 0.4) is 0 Å². The minimum atomic E-state index is 0.716. The van der Waals surface area contributed by atoms with Crippen LogP contribution in [0.2, 0.25) is 0 Å². The van der Waals surface area contributed by atoms with Gasteiger partial charge in [-0.05, 0) is 0 Å². The van der Waals surface area contributed by atoms with Crippen molar-refractivity contribution in [3.05, 3.63) is 0 Å². The Morgan fingerprint density at radius 1 is 0.600 bits per heavy atom. The van der Waals surface area contributed by atoms with Crippen molar-refractivity contribution in [3.63, 3.8) is 0 Å². The molecule has 2 aliphatic heterocycles. The summed E-state index contributed by atoms with van der Waals surface area (Å²) in [4.78, 5) is 4.89. The van der Waals surface area contributed by atoms with Crippen LogP contribution in [0.1, 0.15) is 0 Å². The monoisotopic (exact) mass is 286 g/mol. The highest BCUT2D eigenvalue weighted by molar-refractivity contribution is 4.67. The zero-order valence-electron chi connectivity index (χ0n) is 12.6. The standard InChI is InChI=1S/C14H30N4O2/c1-5-17(6-2-15-1)9-11-19-13-14-20-12-10-18-7-3-16-4-8-18/h15-16H,1-14H2. The second-order valence-electron chi connectivity index (χ2n) is 5.41. The molecule has 0 amide bonds. The zero-order valence-corrected chi connectivity index (χ0v) is 12.6. The first-order valence-electron chi connectivity index (χ1n) is 7.97. The third-order valence-corrected chi connectivity index (χ3v) is 3.89. The van der Waals surface area contributed by atoms with Crippen molar-refractivity contribution in [2.45, 2.75) is 0 Å². The lowest BCUT2D eigenvalue weighted by atomic mass is 10.4. The van der Waals surface area contributed by atoms with Gasteiger partial charge in [-0.1, -0.05) is 0 Å². The van der Waals surface area contributed by atoms with Crippen LogP contribution in [0.5, 0.6) is 0 Å². The van der Waals surface area contributed by atoms with Gasteiger partial charge in [-0.15, -0.1) is 0 Å². The van der Waals surface area contributed by atoms with Crippen molar-refractivity contribution in [1.82, 2.24) is 20.4 Å². The van der Waals surface area contributed by atoms with E-state index in [1.165, 1.54) is 0 Å². The molecule has 0 aromatic carbocycles. The highest BCUT2D eigenvalue weighted by Gasteiger charge is 2.09. The van der Waals surface area contributed by atoms with E-state index in [9.17, 15) is 0 Å². The molecule has 0 unspecified atom stereocenters.